The second-order valence-electron chi connectivity index (χ2n) is 5.85. The van der Waals surface area contributed by atoms with Gasteiger partial charge in [-0.1, -0.05) is 16.8 Å². The second kappa shape index (κ2) is 8.03. The Labute approximate surface area is 161 Å². The normalized spacial score (nSPS) is 18.4. The third-order valence-electron chi connectivity index (χ3n) is 4.11. The minimum atomic E-state index is -3.85. The number of hydrogen-bond acceptors (Lipinski definition) is 6. The third kappa shape index (κ3) is 4.26. The highest BCUT2D eigenvalue weighted by Gasteiger charge is 2.40. The number of amidine groups is 1. The minimum Gasteiger partial charge on any atom is -0.380 e. The fourth-order valence-corrected chi connectivity index (χ4v) is 4.51. The van der Waals surface area contributed by atoms with Crippen molar-refractivity contribution in [3.8, 4) is 0 Å². The van der Waals surface area contributed by atoms with E-state index in [1.165, 1.54) is 36.7 Å². The molecular formula is C17H17ClN4O4S. The molecule has 27 heavy (non-hydrogen) atoms. The van der Waals surface area contributed by atoms with Crippen molar-refractivity contribution in [2.45, 2.75) is 23.8 Å². The van der Waals surface area contributed by atoms with Crippen molar-refractivity contribution in [1.82, 2.24) is 9.29 Å². The van der Waals surface area contributed by atoms with Crippen LogP contribution in [-0.2, 0) is 19.7 Å². The van der Waals surface area contributed by atoms with E-state index in [2.05, 4.69) is 10.1 Å². The lowest BCUT2D eigenvalue weighted by Gasteiger charge is -2.21. The fourth-order valence-electron chi connectivity index (χ4n) is 2.74. The van der Waals surface area contributed by atoms with E-state index in [4.69, 9.17) is 22.2 Å². The van der Waals surface area contributed by atoms with Gasteiger partial charge in [0.05, 0.1) is 4.90 Å². The number of hydrogen-bond donors (Lipinski definition) is 1. The van der Waals surface area contributed by atoms with E-state index in [0.29, 0.717) is 23.4 Å². The molecule has 1 saturated heterocycles. The SMILES string of the molecule is N/C(=N\OC(=O)[C@H]1CCCN1S(=O)(=O)c1ccc(Cl)cc1)c1ccncc1. The van der Waals surface area contributed by atoms with Crippen LogP contribution in [-0.4, -0.2) is 42.1 Å². The van der Waals surface area contributed by atoms with E-state index in [1.807, 2.05) is 0 Å². The topological polar surface area (TPSA) is 115 Å². The van der Waals surface area contributed by atoms with Crippen molar-refractivity contribution in [3.63, 3.8) is 0 Å². The van der Waals surface area contributed by atoms with Crippen LogP contribution in [0.1, 0.15) is 18.4 Å². The lowest BCUT2D eigenvalue weighted by molar-refractivity contribution is -0.147. The summed E-state index contributed by atoms with van der Waals surface area (Å²) in [6.45, 7) is 0.217. The zero-order valence-electron chi connectivity index (χ0n) is 14.2. The molecule has 0 spiro atoms. The van der Waals surface area contributed by atoms with Crippen molar-refractivity contribution in [1.29, 1.82) is 0 Å². The van der Waals surface area contributed by atoms with Crippen LogP contribution in [0, 0.1) is 0 Å². The van der Waals surface area contributed by atoms with Crippen LogP contribution in [0.3, 0.4) is 0 Å². The number of oxime groups is 1. The molecule has 0 radical (unpaired) electrons. The van der Waals surface area contributed by atoms with E-state index < -0.39 is 22.0 Å². The van der Waals surface area contributed by atoms with E-state index in [-0.39, 0.29) is 17.3 Å². The molecule has 2 aromatic rings. The summed E-state index contributed by atoms with van der Waals surface area (Å²) in [5.74, 6) is -0.780. The van der Waals surface area contributed by atoms with Crippen molar-refractivity contribution in [2.75, 3.05) is 6.54 Å². The summed E-state index contributed by atoms with van der Waals surface area (Å²) in [7, 11) is -3.85. The van der Waals surface area contributed by atoms with Crippen molar-refractivity contribution in [3.05, 3.63) is 59.4 Å². The standard InChI is InChI=1S/C17H17ClN4O4S/c18-13-3-5-14(6-4-13)27(24,25)22-11-1-2-15(22)17(23)26-21-16(19)12-7-9-20-10-8-12/h3-10,15H,1-2,11H2,(H2,19,21)/t15-/m1/s1. The van der Waals surface area contributed by atoms with Gasteiger partial charge in [-0.05, 0) is 49.2 Å². The molecule has 0 saturated carbocycles. The zero-order chi connectivity index (χ0) is 19.4. The predicted octanol–water partition coefficient (Wildman–Crippen LogP) is 1.75. The Bertz CT molecular complexity index is 949. The number of nitrogens with two attached hydrogens (primary N) is 1. The van der Waals surface area contributed by atoms with Gasteiger partial charge in [0, 0.05) is 29.5 Å². The molecule has 1 aliphatic rings. The Balaban J connectivity index is 1.75. The quantitative estimate of drug-likeness (QED) is 0.349. The Morgan fingerprint density at radius 3 is 2.56 bits per heavy atom. The Hall–Kier alpha value is -2.49. The Morgan fingerprint density at radius 1 is 1.22 bits per heavy atom. The summed E-state index contributed by atoms with van der Waals surface area (Å²) >= 11 is 5.81. The van der Waals surface area contributed by atoms with Crippen LogP contribution in [0.2, 0.25) is 5.02 Å². The maximum absolute atomic E-state index is 12.8. The highest BCUT2D eigenvalue weighted by molar-refractivity contribution is 7.89. The summed E-state index contributed by atoms with van der Waals surface area (Å²) in [5, 5.41) is 4.04. The van der Waals surface area contributed by atoms with Gasteiger partial charge in [-0.2, -0.15) is 4.31 Å². The number of rotatable bonds is 5. The summed E-state index contributed by atoms with van der Waals surface area (Å²) in [5.41, 5.74) is 6.31. The van der Waals surface area contributed by atoms with Gasteiger partial charge in [0.2, 0.25) is 10.0 Å². The number of benzene rings is 1. The lowest BCUT2D eigenvalue weighted by Crippen LogP contribution is -2.41. The Morgan fingerprint density at radius 2 is 1.89 bits per heavy atom. The van der Waals surface area contributed by atoms with E-state index in [9.17, 15) is 13.2 Å². The highest BCUT2D eigenvalue weighted by Crippen LogP contribution is 2.27. The van der Waals surface area contributed by atoms with Crippen LogP contribution in [0.4, 0.5) is 0 Å². The average Bonchev–Trinajstić information content (AvgIpc) is 3.18. The number of sulfonamides is 1. The monoisotopic (exact) mass is 408 g/mol. The van der Waals surface area contributed by atoms with Crippen LogP contribution >= 0.6 is 11.6 Å². The van der Waals surface area contributed by atoms with Gasteiger partial charge in [0.15, 0.2) is 5.84 Å². The maximum atomic E-state index is 12.8. The molecule has 10 heteroatoms. The first-order valence-electron chi connectivity index (χ1n) is 8.12. The summed E-state index contributed by atoms with van der Waals surface area (Å²) < 4.78 is 26.8. The predicted molar refractivity (Wildman–Crippen MR) is 99.4 cm³/mol. The van der Waals surface area contributed by atoms with Crippen molar-refractivity contribution in [2.24, 2.45) is 10.9 Å². The minimum absolute atomic E-state index is 0.00384. The van der Waals surface area contributed by atoms with Gasteiger partial charge in [0.1, 0.15) is 6.04 Å². The molecule has 1 aromatic carbocycles. The third-order valence-corrected chi connectivity index (χ3v) is 6.28. The first-order chi connectivity index (χ1) is 12.9. The number of pyridine rings is 1. The van der Waals surface area contributed by atoms with Crippen LogP contribution < -0.4 is 5.73 Å². The summed E-state index contributed by atoms with van der Waals surface area (Å²) in [6.07, 6.45) is 3.93. The van der Waals surface area contributed by atoms with Crippen molar-refractivity contribution >= 4 is 33.4 Å². The first kappa shape index (κ1) is 19.3. The first-order valence-corrected chi connectivity index (χ1v) is 9.93. The Kier molecular flexibility index (Phi) is 5.73. The molecule has 2 heterocycles. The molecule has 3 rings (SSSR count). The molecule has 0 amide bonds. The van der Waals surface area contributed by atoms with Crippen molar-refractivity contribution < 1.29 is 18.0 Å². The largest absolute Gasteiger partial charge is 0.380 e. The molecule has 2 N–H and O–H groups in total. The zero-order valence-corrected chi connectivity index (χ0v) is 15.7. The van der Waals surface area contributed by atoms with Crippen LogP contribution in [0.5, 0.6) is 0 Å². The average molecular weight is 409 g/mol. The van der Waals surface area contributed by atoms with Gasteiger partial charge < -0.3 is 10.6 Å². The summed E-state index contributed by atoms with van der Waals surface area (Å²) in [6, 6.07) is 8.03. The molecule has 1 atom stereocenters. The van der Waals surface area contributed by atoms with Crippen LogP contribution in [0.15, 0.2) is 58.8 Å². The van der Waals surface area contributed by atoms with Gasteiger partial charge in [0.25, 0.3) is 0 Å². The smallest absolute Gasteiger partial charge is 0.353 e. The molecule has 1 aromatic heterocycles. The lowest BCUT2D eigenvalue weighted by atomic mass is 10.2. The second-order valence-corrected chi connectivity index (χ2v) is 8.18. The van der Waals surface area contributed by atoms with Gasteiger partial charge >= 0.3 is 5.97 Å². The number of nitrogens with zero attached hydrogens (tertiary/aromatic N) is 3. The molecule has 1 aliphatic heterocycles. The molecule has 142 valence electrons. The van der Waals surface area contributed by atoms with Gasteiger partial charge in [-0.3, -0.25) is 4.98 Å². The molecule has 0 bridgehead atoms. The molecule has 8 nitrogen and oxygen atoms in total. The number of carbonyl (C=O) groups excluding carboxylic acids is 1. The number of halogens is 1. The molecular weight excluding hydrogens is 392 g/mol. The van der Waals surface area contributed by atoms with Gasteiger partial charge in [-0.25, -0.2) is 13.2 Å². The summed E-state index contributed by atoms with van der Waals surface area (Å²) in [4.78, 5) is 21.2. The van der Waals surface area contributed by atoms with E-state index >= 15 is 0 Å². The van der Waals surface area contributed by atoms with E-state index in [0.717, 1.165) is 4.31 Å². The number of carbonyl (C=O) groups is 1. The number of aromatic nitrogens is 1. The molecule has 0 unspecified atom stereocenters. The fraction of sp³-hybridized carbons (Fsp3) is 0.235. The molecule has 0 aliphatic carbocycles. The highest BCUT2D eigenvalue weighted by atomic mass is 35.5. The molecule has 1 fully saturated rings. The maximum Gasteiger partial charge on any atom is 0.353 e. The van der Waals surface area contributed by atoms with E-state index in [1.54, 1.807) is 12.1 Å². The van der Waals surface area contributed by atoms with Crippen LogP contribution in [0.25, 0.3) is 0 Å². The van der Waals surface area contributed by atoms with Gasteiger partial charge in [-0.15, -0.1) is 0 Å².